The van der Waals surface area contributed by atoms with Crippen LogP contribution in [0.3, 0.4) is 0 Å². The SMILES string of the molecule is S=C1c2ccccc2C(c2ccccc2)CN1c1ccc(Cl)cc1. The molecule has 24 heavy (non-hydrogen) atoms. The lowest BCUT2D eigenvalue weighted by atomic mass is 9.84. The van der Waals surface area contributed by atoms with E-state index in [1.807, 2.05) is 24.3 Å². The number of anilines is 1. The molecule has 1 atom stereocenters. The summed E-state index contributed by atoms with van der Waals surface area (Å²) in [7, 11) is 0. The molecule has 0 bridgehead atoms. The van der Waals surface area contributed by atoms with Crippen molar-refractivity contribution in [2.45, 2.75) is 5.92 Å². The third-order valence-corrected chi connectivity index (χ3v) is 5.21. The molecule has 3 aromatic carbocycles. The van der Waals surface area contributed by atoms with Crippen LogP contribution >= 0.6 is 23.8 Å². The van der Waals surface area contributed by atoms with Gasteiger partial charge in [-0.15, -0.1) is 0 Å². The standard InChI is InChI=1S/C21H16ClNS/c22-16-10-12-17(13-11-16)23-14-20(15-6-2-1-3-7-15)18-8-4-5-9-19(18)21(23)24/h1-13,20H,14H2. The number of fused-ring (bicyclic) bond motifs is 1. The van der Waals surface area contributed by atoms with E-state index in [1.165, 1.54) is 11.1 Å². The number of hydrogen-bond acceptors (Lipinski definition) is 1. The maximum Gasteiger partial charge on any atom is 0.113 e. The molecule has 0 amide bonds. The van der Waals surface area contributed by atoms with Crippen molar-refractivity contribution in [2.75, 3.05) is 11.4 Å². The summed E-state index contributed by atoms with van der Waals surface area (Å²) >= 11 is 11.8. The Bertz CT molecular complexity index is 874. The lowest BCUT2D eigenvalue weighted by Gasteiger charge is -2.37. The fraction of sp³-hybridized carbons (Fsp3) is 0.0952. The van der Waals surface area contributed by atoms with Crippen molar-refractivity contribution < 1.29 is 0 Å². The van der Waals surface area contributed by atoms with Gasteiger partial charge in [0, 0.05) is 28.7 Å². The molecule has 0 N–H and O–H groups in total. The Hall–Kier alpha value is -2.16. The van der Waals surface area contributed by atoms with Crippen molar-refractivity contribution in [1.82, 2.24) is 0 Å². The van der Waals surface area contributed by atoms with Gasteiger partial charge in [0.15, 0.2) is 0 Å². The van der Waals surface area contributed by atoms with Crippen molar-refractivity contribution in [3.05, 3.63) is 101 Å². The van der Waals surface area contributed by atoms with Gasteiger partial charge >= 0.3 is 0 Å². The summed E-state index contributed by atoms with van der Waals surface area (Å²) in [5, 5.41) is 0.738. The van der Waals surface area contributed by atoms with E-state index < -0.39 is 0 Å². The highest BCUT2D eigenvalue weighted by Gasteiger charge is 2.30. The van der Waals surface area contributed by atoms with Crippen molar-refractivity contribution in [3.63, 3.8) is 0 Å². The van der Waals surface area contributed by atoms with Gasteiger partial charge in [0.1, 0.15) is 4.99 Å². The average Bonchev–Trinajstić information content (AvgIpc) is 2.64. The summed E-state index contributed by atoms with van der Waals surface area (Å²) in [5.41, 5.74) is 4.84. The highest BCUT2D eigenvalue weighted by atomic mass is 35.5. The largest absolute Gasteiger partial charge is 0.331 e. The molecule has 1 heterocycles. The molecule has 0 spiro atoms. The maximum absolute atomic E-state index is 6.04. The molecule has 1 nitrogen and oxygen atoms in total. The molecule has 0 aromatic heterocycles. The van der Waals surface area contributed by atoms with Crippen LogP contribution in [0.1, 0.15) is 22.6 Å². The molecule has 118 valence electrons. The highest BCUT2D eigenvalue weighted by molar-refractivity contribution is 7.81. The second-order valence-corrected chi connectivity index (χ2v) is 6.77. The van der Waals surface area contributed by atoms with Crippen molar-refractivity contribution in [3.8, 4) is 0 Å². The highest BCUT2D eigenvalue weighted by Crippen LogP contribution is 2.36. The van der Waals surface area contributed by atoms with E-state index in [1.54, 1.807) is 0 Å². The van der Waals surface area contributed by atoms with E-state index in [9.17, 15) is 0 Å². The Balaban J connectivity index is 1.82. The Morgan fingerprint density at radius 2 is 1.50 bits per heavy atom. The zero-order chi connectivity index (χ0) is 16.5. The molecule has 1 unspecified atom stereocenters. The number of nitrogens with zero attached hydrogens (tertiary/aromatic N) is 1. The van der Waals surface area contributed by atoms with Gasteiger partial charge in [-0.25, -0.2) is 0 Å². The van der Waals surface area contributed by atoms with Gasteiger partial charge < -0.3 is 4.90 Å². The van der Waals surface area contributed by atoms with Gasteiger partial charge in [-0.3, -0.25) is 0 Å². The zero-order valence-electron chi connectivity index (χ0n) is 13.0. The first-order chi connectivity index (χ1) is 11.7. The summed E-state index contributed by atoms with van der Waals surface area (Å²) < 4.78 is 0. The lowest BCUT2D eigenvalue weighted by Crippen LogP contribution is -2.39. The quantitative estimate of drug-likeness (QED) is 0.548. The number of hydrogen-bond donors (Lipinski definition) is 0. The monoisotopic (exact) mass is 349 g/mol. The van der Waals surface area contributed by atoms with E-state index in [0.29, 0.717) is 5.92 Å². The van der Waals surface area contributed by atoms with Crippen LogP contribution in [0.4, 0.5) is 5.69 Å². The number of thiocarbonyl (C=S) groups is 1. The first kappa shape index (κ1) is 15.4. The summed E-state index contributed by atoms with van der Waals surface area (Å²) in [6, 6.07) is 27.0. The zero-order valence-corrected chi connectivity index (χ0v) is 14.6. The molecular weight excluding hydrogens is 334 g/mol. The molecule has 4 rings (SSSR count). The summed E-state index contributed by atoms with van der Waals surface area (Å²) in [5.74, 6) is 0.296. The molecule has 0 radical (unpaired) electrons. The third-order valence-electron chi connectivity index (χ3n) is 4.52. The van der Waals surface area contributed by atoms with E-state index in [4.69, 9.17) is 23.8 Å². The van der Waals surface area contributed by atoms with Gasteiger partial charge in [0.05, 0.1) is 0 Å². The topological polar surface area (TPSA) is 3.24 Å². The smallest absolute Gasteiger partial charge is 0.113 e. The minimum atomic E-state index is 0.296. The minimum absolute atomic E-state index is 0.296. The van der Waals surface area contributed by atoms with Crippen LogP contribution in [0.5, 0.6) is 0 Å². The van der Waals surface area contributed by atoms with E-state index in [-0.39, 0.29) is 0 Å². The molecule has 0 fully saturated rings. The minimum Gasteiger partial charge on any atom is -0.331 e. The van der Waals surface area contributed by atoms with Crippen LogP contribution in [0.25, 0.3) is 0 Å². The summed E-state index contributed by atoms with van der Waals surface area (Å²) in [4.78, 5) is 3.09. The second-order valence-electron chi connectivity index (χ2n) is 5.94. The predicted octanol–water partition coefficient (Wildman–Crippen LogP) is 5.67. The molecule has 0 saturated carbocycles. The van der Waals surface area contributed by atoms with Gasteiger partial charge in [-0.1, -0.05) is 78.4 Å². The number of halogens is 1. The van der Waals surface area contributed by atoms with Crippen molar-refractivity contribution in [1.29, 1.82) is 0 Å². The van der Waals surface area contributed by atoms with Gasteiger partial charge in [-0.05, 0) is 35.4 Å². The van der Waals surface area contributed by atoms with Crippen LogP contribution in [0, 0.1) is 0 Å². The normalized spacial score (nSPS) is 16.8. The number of rotatable bonds is 2. The molecule has 0 aliphatic carbocycles. The van der Waals surface area contributed by atoms with Crippen molar-refractivity contribution >= 4 is 34.5 Å². The molecule has 3 aromatic rings. The molecule has 0 saturated heterocycles. The van der Waals surface area contributed by atoms with Crippen LogP contribution in [-0.4, -0.2) is 11.5 Å². The fourth-order valence-electron chi connectivity index (χ4n) is 3.32. The van der Waals surface area contributed by atoms with Crippen molar-refractivity contribution in [2.24, 2.45) is 0 Å². The van der Waals surface area contributed by atoms with Crippen LogP contribution in [0.15, 0.2) is 78.9 Å². The van der Waals surface area contributed by atoms with E-state index >= 15 is 0 Å². The first-order valence-corrected chi connectivity index (χ1v) is 8.74. The summed E-state index contributed by atoms with van der Waals surface area (Å²) in [6.07, 6.45) is 0. The van der Waals surface area contributed by atoms with Gasteiger partial charge in [0.2, 0.25) is 0 Å². The fourth-order valence-corrected chi connectivity index (χ4v) is 3.81. The maximum atomic E-state index is 6.04. The predicted molar refractivity (Wildman–Crippen MR) is 105 cm³/mol. The van der Waals surface area contributed by atoms with Gasteiger partial charge in [-0.2, -0.15) is 0 Å². The average molecular weight is 350 g/mol. The molecule has 1 aliphatic rings. The molecule has 1 aliphatic heterocycles. The number of benzene rings is 3. The van der Waals surface area contributed by atoms with Crippen LogP contribution in [0.2, 0.25) is 5.02 Å². The Labute approximate surface area is 152 Å². The molecular formula is C21H16ClNS. The Morgan fingerprint density at radius 1 is 0.833 bits per heavy atom. The third kappa shape index (κ3) is 2.72. The van der Waals surface area contributed by atoms with Gasteiger partial charge in [0.25, 0.3) is 0 Å². The van der Waals surface area contributed by atoms with E-state index in [2.05, 4.69) is 59.5 Å². The second kappa shape index (κ2) is 6.39. The summed E-state index contributed by atoms with van der Waals surface area (Å²) in [6.45, 7) is 0.835. The lowest BCUT2D eigenvalue weighted by molar-refractivity contribution is 0.787. The Morgan fingerprint density at radius 3 is 2.25 bits per heavy atom. The molecule has 3 heteroatoms. The van der Waals surface area contributed by atoms with Crippen LogP contribution < -0.4 is 4.90 Å². The first-order valence-electron chi connectivity index (χ1n) is 7.95. The van der Waals surface area contributed by atoms with Crippen LogP contribution in [-0.2, 0) is 0 Å². The Kier molecular flexibility index (Phi) is 4.09. The van der Waals surface area contributed by atoms with E-state index in [0.717, 1.165) is 27.8 Å².